The molecule has 0 N–H and O–H groups in total. The van der Waals surface area contributed by atoms with E-state index in [9.17, 15) is 0 Å². The summed E-state index contributed by atoms with van der Waals surface area (Å²) in [5.41, 5.74) is 1.80. The maximum Gasteiger partial charge on any atom is 0.471 e. The molecular formula is C15H10Cl6O2Si. The van der Waals surface area contributed by atoms with Gasteiger partial charge in [-0.1, -0.05) is 75.7 Å². The molecule has 0 saturated carbocycles. The zero-order chi connectivity index (χ0) is 17.9. The summed E-state index contributed by atoms with van der Waals surface area (Å²) in [6.45, 7) is 1.85. The third-order valence-electron chi connectivity index (χ3n) is 2.79. The Labute approximate surface area is 171 Å². The molecule has 0 aromatic heterocycles. The van der Waals surface area contributed by atoms with Crippen LogP contribution in [0.25, 0.3) is 0 Å². The van der Waals surface area contributed by atoms with E-state index in [1.807, 2.05) is 13.0 Å². The molecule has 0 saturated heterocycles. The Morgan fingerprint density at radius 2 is 1.04 bits per heavy atom. The first kappa shape index (κ1) is 20.1. The van der Waals surface area contributed by atoms with Crippen LogP contribution < -0.4 is 8.85 Å². The van der Waals surface area contributed by atoms with Crippen LogP contribution in [0.2, 0.25) is 30.1 Å². The average molecular weight is 463 g/mol. The highest BCUT2D eigenvalue weighted by molar-refractivity contribution is 6.53. The van der Waals surface area contributed by atoms with E-state index < -0.39 is 9.28 Å². The van der Waals surface area contributed by atoms with Crippen LogP contribution in [0.4, 0.5) is 0 Å². The second-order valence-corrected chi connectivity index (χ2v) is 8.56. The van der Waals surface area contributed by atoms with Crippen LogP contribution in [-0.2, 0) is 0 Å². The van der Waals surface area contributed by atoms with Gasteiger partial charge < -0.3 is 8.85 Å². The van der Waals surface area contributed by atoms with Crippen molar-refractivity contribution in [2.45, 2.75) is 6.92 Å². The highest BCUT2D eigenvalue weighted by atomic mass is 35.5. The lowest BCUT2D eigenvalue weighted by Gasteiger charge is -2.18. The first-order valence-electron chi connectivity index (χ1n) is 6.57. The molecule has 0 aliphatic heterocycles. The molecule has 0 heterocycles. The summed E-state index contributed by atoms with van der Waals surface area (Å²) in [6, 6.07) is 6.09. The van der Waals surface area contributed by atoms with Crippen LogP contribution in [0.15, 0.2) is 36.0 Å². The van der Waals surface area contributed by atoms with Crippen molar-refractivity contribution in [2.75, 3.05) is 0 Å². The maximum atomic E-state index is 6.14. The number of halogens is 6. The summed E-state index contributed by atoms with van der Waals surface area (Å²) < 4.78 is 11.7. The van der Waals surface area contributed by atoms with Gasteiger partial charge in [0.25, 0.3) is 0 Å². The Morgan fingerprint density at radius 3 is 1.42 bits per heavy atom. The summed E-state index contributed by atoms with van der Waals surface area (Å²) in [5.74, 6) is 0.744. The van der Waals surface area contributed by atoms with Gasteiger partial charge in [0.2, 0.25) is 0 Å². The molecule has 128 valence electrons. The molecule has 0 atom stereocenters. The Hall–Kier alpha value is -0.263. The van der Waals surface area contributed by atoms with E-state index in [1.54, 1.807) is 5.70 Å². The lowest BCUT2D eigenvalue weighted by atomic mass is 10.3. The van der Waals surface area contributed by atoms with Gasteiger partial charge in [-0.3, -0.25) is 0 Å². The van der Waals surface area contributed by atoms with E-state index in [1.165, 1.54) is 24.3 Å². The van der Waals surface area contributed by atoms with E-state index in [0.717, 1.165) is 0 Å². The standard InChI is InChI=1S/C15H10Cl6O2Si/c1-2-3-24(22-14-6-10(18)8(16)4-12(14)20)23-15-7-11(19)9(17)5-13(15)21/h2-7,24H,1H3. The molecule has 0 unspecified atom stereocenters. The Bertz CT molecular complexity index is 722. The van der Waals surface area contributed by atoms with Gasteiger partial charge in [0, 0.05) is 12.1 Å². The van der Waals surface area contributed by atoms with Crippen LogP contribution in [0, 0.1) is 0 Å². The van der Waals surface area contributed by atoms with Crippen LogP contribution in [-0.4, -0.2) is 9.28 Å². The van der Waals surface area contributed by atoms with Gasteiger partial charge in [-0.05, 0) is 24.8 Å². The highest BCUT2D eigenvalue weighted by Crippen LogP contribution is 2.36. The van der Waals surface area contributed by atoms with E-state index >= 15 is 0 Å². The molecule has 0 aliphatic carbocycles. The molecule has 0 radical (unpaired) electrons. The van der Waals surface area contributed by atoms with Gasteiger partial charge >= 0.3 is 9.28 Å². The third kappa shape index (κ3) is 5.12. The fraction of sp³-hybridized carbons (Fsp3) is 0.0667. The summed E-state index contributed by atoms with van der Waals surface area (Å²) in [4.78, 5) is 0. The smallest absolute Gasteiger partial charge is 0.471 e. The molecule has 0 fully saturated rings. The van der Waals surface area contributed by atoms with E-state index in [0.29, 0.717) is 41.6 Å². The van der Waals surface area contributed by atoms with Crippen molar-refractivity contribution in [3.63, 3.8) is 0 Å². The van der Waals surface area contributed by atoms with Crippen molar-refractivity contribution in [3.05, 3.63) is 66.2 Å². The maximum absolute atomic E-state index is 6.14. The Morgan fingerprint density at radius 1 is 0.667 bits per heavy atom. The highest BCUT2D eigenvalue weighted by Gasteiger charge is 2.19. The largest absolute Gasteiger partial charge is 0.510 e. The van der Waals surface area contributed by atoms with E-state index in [2.05, 4.69) is 0 Å². The molecule has 0 amide bonds. The van der Waals surface area contributed by atoms with Crippen molar-refractivity contribution in [2.24, 2.45) is 0 Å². The molecule has 2 rings (SSSR count). The van der Waals surface area contributed by atoms with Gasteiger partial charge in [-0.15, -0.1) is 0 Å². The molecule has 0 spiro atoms. The molecular weight excluding hydrogens is 453 g/mol. The normalized spacial score (nSPS) is 11.3. The van der Waals surface area contributed by atoms with Gasteiger partial charge in [-0.2, -0.15) is 0 Å². The molecule has 0 bridgehead atoms. The number of allylic oxidation sites excluding steroid dienone is 1. The molecule has 24 heavy (non-hydrogen) atoms. The van der Waals surface area contributed by atoms with Crippen molar-refractivity contribution >= 4 is 78.9 Å². The van der Waals surface area contributed by atoms with Crippen molar-refractivity contribution in [1.29, 1.82) is 0 Å². The lowest BCUT2D eigenvalue weighted by Crippen LogP contribution is -2.28. The number of rotatable bonds is 5. The summed E-state index contributed by atoms with van der Waals surface area (Å²) >= 11 is 36.1. The summed E-state index contributed by atoms with van der Waals surface area (Å²) in [6.07, 6.45) is 1.81. The zero-order valence-corrected chi connectivity index (χ0v) is 17.8. The fourth-order valence-corrected chi connectivity index (χ4v) is 4.42. The van der Waals surface area contributed by atoms with E-state index in [-0.39, 0.29) is 0 Å². The second-order valence-electron chi connectivity index (χ2n) is 4.52. The summed E-state index contributed by atoms with van der Waals surface area (Å²) in [7, 11) is -2.37. The molecule has 2 aromatic carbocycles. The van der Waals surface area contributed by atoms with Crippen LogP contribution in [0.1, 0.15) is 6.92 Å². The van der Waals surface area contributed by atoms with Crippen LogP contribution in [0.5, 0.6) is 11.5 Å². The van der Waals surface area contributed by atoms with E-state index in [4.69, 9.17) is 78.5 Å². The van der Waals surface area contributed by atoms with Crippen LogP contribution in [0.3, 0.4) is 0 Å². The van der Waals surface area contributed by atoms with Crippen LogP contribution >= 0.6 is 69.6 Å². The minimum absolute atomic E-state index is 0.329. The number of hydrogen-bond acceptors (Lipinski definition) is 2. The Kier molecular flexibility index (Phi) is 7.44. The molecule has 9 heteroatoms. The first-order chi connectivity index (χ1) is 11.3. The van der Waals surface area contributed by atoms with Gasteiger partial charge in [0.05, 0.1) is 30.1 Å². The predicted octanol–water partition coefficient (Wildman–Crippen LogP) is 7.40. The SMILES string of the molecule is CC=C[SiH](Oc1cc(Cl)c(Cl)cc1Cl)Oc1cc(Cl)c(Cl)cc1Cl. The van der Waals surface area contributed by atoms with Crippen molar-refractivity contribution < 1.29 is 8.85 Å². The minimum Gasteiger partial charge on any atom is -0.510 e. The van der Waals surface area contributed by atoms with Crippen molar-refractivity contribution in [3.8, 4) is 11.5 Å². The molecule has 0 aliphatic rings. The second kappa shape index (κ2) is 8.90. The van der Waals surface area contributed by atoms with Crippen molar-refractivity contribution in [1.82, 2.24) is 0 Å². The fourth-order valence-electron chi connectivity index (χ4n) is 1.70. The number of benzene rings is 2. The predicted molar refractivity (Wildman–Crippen MR) is 106 cm³/mol. The molecule has 2 aromatic rings. The summed E-state index contributed by atoms with van der Waals surface area (Å²) in [5, 5.41) is 2.00. The van der Waals surface area contributed by atoms with Gasteiger partial charge in [0.1, 0.15) is 11.5 Å². The average Bonchev–Trinajstić information content (AvgIpc) is 2.50. The topological polar surface area (TPSA) is 18.5 Å². The quantitative estimate of drug-likeness (QED) is 0.340. The lowest BCUT2D eigenvalue weighted by molar-refractivity contribution is 0.438. The number of hydrogen-bond donors (Lipinski definition) is 0. The van der Waals surface area contributed by atoms with Gasteiger partial charge in [0.15, 0.2) is 0 Å². The van der Waals surface area contributed by atoms with Gasteiger partial charge in [-0.25, -0.2) is 0 Å². The third-order valence-corrected chi connectivity index (χ3v) is 6.49. The monoisotopic (exact) mass is 460 g/mol. The minimum atomic E-state index is -2.37. The Balaban J connectivity index is 2.28. The first-order valence-corrected chi connectivity index (χ1v) is 10.4. The molecule has 2 nitrogen and oxygen atoms in total. The zero-order valence-electron chi connectivity index (χ0n) is 12.1.